The molecule has 0 bridgehead atoms. The van der Waals surface area contributed by atoms with Crippen LogP contribution in [0.2, 0.25) is 0 Å². The molecular formula is C10H9BrClF3O2. The molecule has 0 radical (unpaired) electrons. The van der Waals surface area contributed by atoms with Crippen LogP contribution in [0.15, 0.2) is 22.7 Å². The molecule has 0 aliphatic heterocycles. The van der Waals surface area contributed by atoms with Gasteiger partial charge in [-0.15, -0.1) is 24.8 Å². The molecular weight excluding hydrogens is 324 g/mol. The highest BCUT2D eigenvalue weighted by atomic mass is 79.9. The van der Waals surface area contributed by atoms with E-state index in [0.29, 0.717) is 11.3 Å². The lowest BCUT2D eigenvalue weighted by molar-refractivity contribution is -0.325. The standard InChI is InChI=1S/C10H9BrClF3O2/c11-8-1-2-9(7(5-8)6-12)16-3-4-17-10(13,14)15/h1-2,5H,3-4,6H2. The minimum Gasteiger partial charge on any atom is -0.491 e. The number of rotatable bonds is 5. The zero-order chi connectivity index (χ0) is 12.9. The molecule has 0 atom stereocenters. The van der Waals surface area contributed by atoms with Gasteiger partial charge in [-0.3, -0.25) is 4.74 Å². The highest BCUT2D eigenvalue weighted by Gasteiger charge is 2.28. The minimum absolute atomic E-state index is 0.189. The Morgan fingerprint density at radius 2 is 1.94 bits per heavy atom. The van der Waals surface area contributed by atoms with Crippen LogP contribution in [0.5, 0.6) is 5.75 Å². The van der Waals surface area contributed by atoms with Crippen molar-refractivity contribution in [3.8, 4) is 5.75 Å². The maximum absolute atomic E-state index is 11.7. The molecule has 7 heteroatoms. The third-order valence-electron chi connectivity index (χ3n) is 1.77. The second kappa shape index (κ2) is 6.47. The second-order valence-electron chi connectivity index (χ2n) is 3.03. The van der Waals surface area contributed by atoms with Crippen molar-refractivity contribution >= 4 is 27.5 Å². The number of alkyl halides is 4. The number of hydrogen-bond donors (Lipinski definition) is 0. The molecule has 17 heavy (non-hydrogen) atoms. The van der Waals surface area contributed by atoms with Crippen LogP contribution in [-0.2, 0) is 10.6 Å². The van der Waals surface area contributed by atoms with Crippen LogP contribution in [-0.4, -0.2) is 19.6 Å². The molecule has 96 valence electrons. The van der Waals surface area contributed by atoms with Gasteiger partial charge in [0.1, 0.15) is 12.4 Å². The quantitative estimate of drug-likeness (QED) is 0.596. The van der Waals surface area contributed by atoms with Gasteiger partial charge >= 0.3 is 6.36 Å². The number of hydrogen-bond acceptors (Lipinski definition) is 2. The van der Waals surface area contributed by atoms with Crippen molar-refractivity contribution in [2.24, 2.45) is 0 Å². The lowest BCUT2D eigenvalue weighted by atomic mass is 10.2. The van der Waals surface area contributed by atoms with Gasteiger partial charge in [0.15, 0.2) is 0 Å². The summed E-state index contributed by atoms with van der Waals surface area (Å²) in [5.74, 6) is 0.670. The van der Waals surface area contributed by atoms with Gasteiger partial charge in [0.2, 0.25) is 0 Å². The summed E-state index contributed by atoms with van der Waals surface area (Å²) in [5.41, 5.74) is 0.702. The summed E-state index contributed by atoms with van der Waals surface area (Å²) < 4.78 is 44.6. The Balaban J connectivity index is 2.46. The summed E-state index contributed by atoms with van der Waals surface area (Å²) in [7, 11) is 0. The van der Waals surface area contributed by atoms with Gasteiger partial charge in [-0.05, 0) is 18.2 Å². The van der Waals surface area contributed by atoms with E-state index in [2.05, 4.69) is 20.7 Å². The minimum atomic E-state index is -4.63. The third-order valence-corrected chi connectivity index (χ3v) is 2.55. The van der Waals surface area contributed by atoms with E-state index in [1.54, 1.807) is 18.2 Å². The van der Waals surface area contributed by atoms with E-state index in [1.807, 2.05) is 0 Å². The first-order valence-corrected chi connectivity index (χ1v) is 5.93. The SMILES string of the molecule is FC(F)(F)OCCOc1ccc(Br)cc1CCl. The van der Waals surface area contributed by atoms with Crippen molar-refractivity contribution in [3.63, 3.8) is 0 Å². The van der Waals surface area contributed by atoms with Gasteiger partial charge in [0.25, 0.3) is 0 Å². The zero-order valence-corrected chi connectivity index (χ0v) is 10.9. The van der Waals surface area contributed by atoms with Crippen LogP contribution in [0.1, 0.15) is 5.56 Å². The summed E-state index contributed by atoms with van der Waals surface area (Å²) in [6.07, 6.45) is -4.63. The molecule has 0 spiro atoms. The van der Waals surface area contributed by atoms with Crippen LogP contribution in [0.4, 0.5) is 13.2 Å². The molecule has 0 amide bonds. The Bertz CT molecular complexity index is 371. The third kappa shape index (κ3) is 5.61. The van der Waals surface area contributed by atoms with Gasteiger partial charge in [-0.25, -0.2) is 0 Å². The second-order valence-corrected chi connectivity index (χ2v) is 4.21. The van der Waals surface area contributed by atoms with E-state index < -0.39 is 13.0 Å². The molecule has 1 aromatic rings. The Morgan fingerprint density at radius 1 is 1.24 bits per heavy atom. The Morgan fingerprint density at radius 3 is 2.53 bits per heavy atom. The van der Waals surface area contributed by atoms with Crippen molar-refractivity contribution in [3.05, 3.63) is 28.2 Å². The van der Waals surface area contributed by atoms with Gasteiger partial charge in [-0.1, -0.05) is 15.9 Å². The monoisotopic (exact) mass is 332 g/mol. The van der Waals surface area contributed by atoms with Crippen molar-refractivity contribution < 1.29 is 22.6 Å². The lowest BCUT2D eigenvalue weighted by Gasteiger charge is -2.11. The normalized spacial score (nSPS) is 11.6. The van der Waals surface area contributed by atoms with Crippen molar-refractivity contribution in [1.82, 2.24) is 0 Å². The van der Waals surface area contributed by atoms with E-state index in [1.165, 1.54) is 0 Å². The first kappa shape index (κ1) is 14.6. The molecule has 1 aromatic carbocycles. The van der Waals surface area contributed by atoms with Gasteiger partial charge in [0.05, 0.1) is 12.5 Å². The summed E-state index contributed by atoms with van der Waals surface area (Å²) in [4.78, 5) is 0. The van der Waals surface area contributed by atoms with E-state index in [-0.39, 0.29) is 12.5 Å². The number of ether oxygens (including phenoxy) is 2. The van der Waals surface area contributed by atoms with E-state index >= 15 is 0 Å². The summed E-state index contributed by atoms with van der Waals surface area (Å²) >= 11 is 8.93. The zero-order valence-electron chi connectivity index (χ0n) is 8.56. The van der Waals surface area contributed by atoms with Crippen molar-refractivity contribution in [1.29, 1.82) is 0 Å². The van der Waals surface area contributed by atoms with E-state index in [9.17, 15) is 13.2 Å². The molecule has 0 N–H and O–H groups in total. The average Bonchev–Trinajstić information content (AvgIpc) is 2.24. The van der Waals surface area contributed by atoms with Crippen LogP contribution >= 0.6 is 27.5 Å². The maximum atomic E-state index is 11.7. The summed E-state index contributed by atoms with van der Waals surface area (Å²) in [6.45, 7) is -0.744. The highest BCUT2D eigenvalue weighted by Crippen LogP contribution is 2.25. The molecule has 0 saturated carbocycles. The molecule has 0 saturated heterocycles. The molecule has 2 nitrogen and oxygen atoms in total. The fourth-order valence-electron chi connectivity index (χ4n) is 1.10. The summed E-state index contributed by atoms with van der Waals surface area (Å²) in [6, 6.07) is 5.10. The van der Waals surface area contributed by atoms with Crippen LogP contribution in [0.25, 0.3) is 0 Å². The Kier molecular flexibility index (Phi) is 5.55. The first-order chi connectivity index (χ1) is 7.92. The molecule has 0 fully saturated rings. The van der Waals surface area contributed by atoms with Gasteiger partial charge in [0, 0.05) is 10.0 Å². The maximum Gasteiger partial charge on any atom is 0.522 e. The Hall–Kier alpha value is -0.460. The fourth-order valence-corrected chi connectivity index (χ4v) is 1.72. The molecule has 0 aromatic heterocycles. The lowest BCUT2D eigenvalue weighted by Crippen LogP contribution is -2.18. The summed E-state index contributed by atoms with van der Waals surface area (Å²) in [5, 5.41) is 0. The predicted octanol–water partition coefficient (Wildman–Crippen LogP) is 4.10. The van der Waals surface area contributed by atoms with Crippen molar-refractivity contribution in [2.75, 3.05) is 13.2 Å². The highest BCUT2D eigenvalue weighted by molar-refractivity contribution is 9.10. The fraction of sp³-hybridized carbons (Fsp3) is 0.400. The number of halogens is 5. The van der Waals surface area contributed by atoms with Crippen molar-refractivity contribution in [2.45, 2.75) is 12.2 Å². The average molecular weight is 334 g/mol. The van der Waals surface area contributed by atoms with Gasteiger partial charge < -0.3 is 4.74 Å². The largest absolute Gasteiger partial charge is 0.522 e. The Labute approximate surface area is 110 Å². The van der Waals surface area contributed by atoms with Crippen LogP contribution in [0.3, 0.4) is 0 Å². The van der Waals surface area contributed by atoms with Crippen LogP contribution < -0.4 is 4.74 Å². The van der Waals surface area contributed by atoms with E-state index in [0.717, 1.165) is 4.47 Å². The molecule has 1 rings (SSSR count). The first-order valence-electron chi connectivity index (χ1n) is 4.60. The topological polar surface area (TPSA) is 18.5 Å². The molecule has 0 aliphatic rings. The number of benzene rings is 1. The van der Waals surface area contributed by atoms with Crippen LogP contribution in [0, 0.1) is 0 Å². The van der Waals surface area contributed by atoms with Gasteiger partial charge in [-0.2, -0.15) is 0 Å². The molecule has 0 aliphatic carbocycles. The predicted molar refractivity (Wildman–Crippen MR) is 61.2 cm³/mol. The van der Waals surface area contributed by atoms with E-state index in [4.69, 9.17) is 16.3 Å². The molecule has 0 unspecified atom stereocenters. The smallest absolute Gasteiger partial charge is 0.491 e. The molecule has 0 heterocycles.